The van der Waals surface area contributed by atoms with Gasteiger partial charge in [-0.25, -0.2) is 13.1 Å². The molecule has 1 aliphatic rings. The summed E-state index contributed by atoms with van der Waals surface area (Å²) in [5, 5.41) is 3.23. The third kappa shape index (κ3) is 5.32. The van der Waals surface area contributed by atoms with Gasteiger partial charge in [0, 0.05) is 19.6 Å². The number of nitrogens with zero attached hydrogens (tertiary/aromatic N) is 1. The summed E-state index contributed by atoms with van der Waals surface area (Å²) in [4.78, 5) is 13.8. The largest absolute Gasteiger partial charge is 0.340 e. The summed E-state index contributed by atoms with van der Waals surface area (Å²) < 4.78 is 24.3. The second kappa shape index (κ2) is 7.06. The summed E-state index contributed by atoms with van der Waals surface area (Å²) in [6.45, 7) is 4.34. The van der Waals surface area contributed by atoms with Crippen molar-refractivity contribution < 1.29 is 13.2 Å². The molecule has 1 atom stereocenters. The van der Waals surface area contributed by atoms with Gasteiger partial charge in [-0.1, -0.05) is 6.92 Å². The van der Waals surface area contributed by atoms with Crippen molar-refractivity contribution >= 4 is 15.9 Å². The van der Waals surface area contributed by atoms with Gasteiger partial charge < -0.3 is 10.2 Å². The van der Waals surface area contributed by atoms with Crippen LogP contribution in [0.1, 0.15) is 26.2 Å². The lowest BCUT2D eigenvalue weighted by Crippen LogP contribution is -2.52. The first-order valence-corrected chi connectivity index (χ1v) is 8.30. The Hall–Kier alpha value is -0.660. The van der Waals surface area contributed by atoms with Crippen LogP contribution in [0.25, 0.3) is 0 Å². The van der Waals surface area contributed by atoms with E-state index in [0.29, 0.717) is 13.1 Å². The fraction of sp³-hybridized carbons (Fsp3) is 0.909. The van der Waals surface area contributed by atoms with E-state index in [9.17, 15) is 13.2 Å². The van der Waals surface area contributed by atoms with Crippen LogP contribution < -0.4 is 10.0 Å². The first-order chi connectivity index (χ1) is 8.44. The monoisotopic (exact) mass is 277 g/mol. The second-order valence-corrected chi connectivity index (χ2v) is 6.47. The molecule has 7 heteroatoms. The van der Waals surface area contributed by atoms with E-state index in [4.69, 9.17) is 0 Å². The first kappa shape index (κ1) is 15.4. The van der Waals surface area contributed by atoms with E-state index in [0.717, 1.165) is 32.1 Å². The third-order valence-electron chi connectivity index (χ3n) is 2.92. The predicted molar refractivity (Wildman–Crippen MR) is 70.7 cm³/mol. The highest BCUT2D eigenvalue weighted by Gasteiger charge is 2.27. The predicted octanol–water partition coefficient (Wildman–Crippen LogP) is -0.474. The summed E-state index contributed by atoms with van der Waals surface area (Å²) in [5.74, 6) is 0.0880. The van der Waals surface area contributed by atoms with Crippen LogP contribution in [0.4, 0.5) is 0 Å². The highest BCUT2D eigenvalue weighted by molar-refractivity contribution is 7.88. The molecule has 0 spiro atoms. The van der Waals surface area contributed by atoms with Crippen molar-refractivity contribution in [2.24, 2.45) is 0 Å². The van der Waals surface area contributed by atoms with Crippen LogP contribution in [0.2, 0.25) is 0 Å². The second-order valence-electron chi connectivity index (χ2n) is 4.64. The Labute approximate surface area is 109 Å². The molecule has 106 valence electrons. The van der Waals surface area contributed by atoms with Crippen molar-refractivity contribution in [3.8, 4) is 0 Å². The highest BCUT2D eigenvalue weighted by atomic mass is 32.2. The van der Waals surface area contributed by atoms with Gasteiger partial charge in [0.15, 0.2) is 0 Å². The topological polar surface area (TPSA) is 78.5 Å². The smallest absolute Gasteiger partial charge is 0.239 e. The zero-order chi connectivity index (χ0) is 13.6. The SMILES string of the molecule is CCCNC1CCCN(CCNS(C)(=O)=O)C1=O. The molecular weight excluding hydrogens is 254 g/mol. The number of likely N-dealkylation sites (tertiary alicyclic amines) is 1. The highest BCUT2D eigenvalue weighted by Crippen LogP contribution is 2.11. The minimum Gasteiger partial charge on any atom is -0.340 e. The van der Waals surface area contributed by atoms with E-state index in [1.165, 1.54) is 0 Å². The zero-order valence-corrected chi connectivity index (χ0v) is 11.9. The minimum absolute atomic E-state index is 0.0880. The summed E-state index contributed by atoms with van der Waals surface area (Å²) in [6.07, 6.45) is 3.96. The van der Waals surface area contributed by atoms with Gasteiger partial charge in [0.05, 0.1) is 12.3 Å². The Bertz CT molecular complexity index is 370. The van der Waals surface area contributed by atoms with Gasteiger partial charge >= 0.3 is 0 Å². The Morgan fingerprint density at radius 3 is 2.72 bits per heavy atom. The lowest BCUT2D eigenvalue weighted by molar-refractivity contribution is -0.135. The average Bonchev–Trinajstić information content (AvgIpc) is 2.28. The summed E-state index contributed by atoms with van der Waals surface area (Å²) >= 11 is 0. The molecule has 0 radical (unpaired) electrons. The van der Waals surface area contributed by atoms with E-state index < -0.39 is 10.0 Å². The van der Waals surface area contributed by atoms with Gasteiger partial charge in [0.1, 0.15) is 0 Å². The van der Waals surface area contributed by atoms with Crippen LogP contribution in [0.5, 0.6) is 0 Å². The van der Waals surface area contributed by atoms with E-state index in [1.807, 2.05) is 0 Å². The molecule has 0 saturated carbocycles. The lowest BCUT2D eigenvalue weighted by Gasteiger charge is -2.32. The summed E-state index contributed by atoms with van der Waals surface area (Å²) in [7, 11) is -3.17. The van der Waals surface area contributed by atoms with Crippen LogP contribution in [0, 0.1) is 0 Å². The van der Waals surface area contributed by atoms with Crippen LogP contribution >= 0.6 is 0 Å². The summed E-state index contributed by atoms with van der Waals surface area (Å²) in [5.41, 5.74) is 0. The quantitative estimate of drug-likeness (QED) is 0.659. The Kier molecular flexibility index (Phi) is 6.04. The van der Waals surface area contributed by atoms with E-state index in [-0.39, 0.29) is 18.5 Å². The van der Waals surface area contributed by atoms with Crippen molar-refractivity contribution in [3.05, 3.63) is 0 Å². The number of carbonyl (C=O) groups excluding carboxylic acids is 1. The molecule has 1 saturated heterocycles. The number of nitrogens with one attached hydrogen (secondary N) is 2. The van der Waals surface area contributed by atoms with E-state index in [1.54, 1.807) is 4.90 Å². The van der Waals surface area contributed by atoms with Crippen molar-refractivity contribution in [1.82, 2.24) is 14.9 Å². The number of hydrogen-bond acceptors (Lipinski definition) is 4. The maximum Gasteiger partial charge on any atom is 0.239 e. The molecule has 0 aromatic carbocycles. The number of sulfonamides is 1. The fourth-order valence-corrected chi connectivity index (χ4v) is 2.50. The molecule has 0 aromatic rings. The van der Waals surface area contributed by atoms with Gasteiger partial charge in [-0.3, -0.25) is 4.79 Å². The molecule has 0 aromatic heterocycles. The molecule has 1 heterocycles. The number of carbonyl (C=O) groups is 1. The van der Waals surface area contributed by atoms with E-state index in [2.05, 4.69) is 17.0 Å². The van der Waals surface area contributed by atoms with Crippen molar-refractivity contribution in [2.75, 3.05) is 32.4 Å². The average molecular weight is 277 g/mol. The maximum absolute atomic E-state index is 12.1. The third-order valence-corrected chi connectivity index (χ3v) is 3.65. The molecule has 6 nitrogen and oxygen atoms in total. The normalized spacial score (nSPS) is 21.3. The number of hydrogen-bond donors (Lipinski definition) is 2. The molecule has 1 fully saturated rings. The number of amides is 1. The molecule has 18 heavy (non-hydrogen) atoms. The maximum atomic E-state index is 12.1. The number of piperidine rings is 1. The Morgan fingerprint density at radius 2 is 2.11 bits per heavy atom. The molecule has 0 bridgehead atoms. The zero-order valence-electron chi connectivity index (χ0n) is 11.1. The van der Waals surface area contributed by atoms with Gasteiger partial charge in [-0.05, 0) is 25.8 Å². The molecule has 1 amide bonds. The molecule has 2 N–H and O–H groups in total. The lowest BCUT2D eigenvalue weighted by atomic mass is 10.0. The van der Waals surface area contributed by atoms with Crippen molar-refractivity contribution in [2.45, 2.75) is 32.2 Å². The molecule has 1 aliphatic heterocycles. The van der Waals surface area contributed by atoms with Crippen molar-refractivity contribution in [3.63, 3.8) is 0 Å². The van der Waals surface area contributed by atoms with Crippen LogP contribution in [0.3, 0.4) is 0 Å². The van der Waals surface area contributed by atoms with E-state index >= 15 is 0 Å². The van der Waals surface area contributed by atoms with Crippen LogP contribution in [0.15, 0.2) is 0 Å². The Morgan fingerprint density at radius 1 is 1.39 bits per heavy atom. The molecule has 1 rings (SSSR count). The van der Waals surface area contributed by atoms with Crippen LogP contribution in [-0.4, -0.2) is 57.7 Å². The minimum atomic E-state index is -3.17. The van der Waals surface area contributed by atoms with Gasteiger partial charge in [0.2, 0.25) is 15.9 Å². The van der Waals surface area contributed by atoms with Crippen LogP contribution in [-0.2, 0) is 14.8 Å². The Balaban J connectivity index is 2.38. The first-order valence-electron chi connectivity index (χ1n) is 6.41. The molecule has 0 aliphatic carbocycles. The van der Waals surface area contributed by atoms with Gasteiger partial charge in [-0.2, -0.15) is 0 Å². The summed E-state index contributed by atoms with van der Waals surface area (Å²) in [6, 6.07) is -0.100. The van der Waals surface area contributed by atoms with Crippen molar-refractivity contribution in [1.29, 1.82) is 0 Å². The molecule has 1 unspecified atom stereocenters. The fourth-order valence-electron chi connectivity index (χ4n) is 2.04. The van der Waals surface area contributed by atoms with Gasteiger partial charge in [-0.15, -0.1) is 0 Å². The number of rotatable bonds is 7. The molecular formula is C11H23N3O3S. The van der Waals surface area contributed by atoms with Gasteiger partial charge in [0.25, 0.3) is 0 Å². The standard InChI is InChI=1S/C11H23N3O3S/c1-3-6-12-10-5-4-8-14(11(10)15)9-7-13-18(2,16)17/h10,12-13H,3-9H2,1-2H3.